The van der Waals surface area contributed by atoms with Crippen molar-refractivity contribution in [3.63, 3.8) is 0 Å². The lowest BCUT2D eigenvalue weighted by molar-refractivity contribution is -0.115. The third-order valence-electron chi connectivity index (χ3n) is 4.65. The highest BCUT2D eigenvalue weighted by Crippen LogP contribution is 2.20. The van der Waals surface area contributed by atoms with Crippen LogP contribution in [0.4, 0.5) is 5.13 Å². The summed E-state index contributed by atoms with van der Waals surface area (Å²) in [6.45, 7) is 7.19. The van der Waals surface area contributed by atoms with Gasteiger partial charge in [-0.15, -0.1) is 11.3 Å². The van der Waals surface area contributed by atoms with E-state index in [9.17, 15) is 9.59 Å². The van der Waals surface area contributed by atoms with Gasteiger partial charge in [-0.25, -0.2) is 4.98 Å². The molecule has 2 N–H and O–H groups in total. The molecule has 1 saturated heterocycles. The molecule has 1 fully saturated rings. The van der Waals surface area contributed by atoms with Gasteiger partial charge in [0.2, 0.25) is 5.91 Å². The molecule has 1 aromatic heterocycles. The Morgan fingerprint density at radius 3 is 2.81 bits per heavy atom. The van der Waals surface area contributed by atoms with Crippen LogP contribution in [0.5, 0.6) is 0 Å². The van der Waals surface area contributed by atoms with Gasteiger partial charge in [-0.2, -0.15) is 0 Å². The van der Waals surface area contributed by atoms with E-state index in [0.29, 0.717) is 10.7 Å². The number of carbonyl (C=O) groups is 2. The minimum atomic E-state index is -0.275. The van der Waals surface area contributed by atoms with Crippen LogP contribution in [0.15, 0.2) is 29.6 Å². The molecule has 0 saturated carbocycles. The second-order valence-corrected chi connectivity index (χ2v) is 8.08. The number of likely N-dealkylation sites (tertiary alicyclic amines) is 1. The summed E-state index contributed by atoms with van der Waals surface area (Å²) in [5, 5.41) is 7.95. The van der Waals surface area contributed by atoms with Gasteiger partial charge in [-0.3, -0.25) is 14.5 Å². The highest BCUT2D eigenvalue weighted by Gasteiger charge is 2.17. The molecular weight excluding hydrogens is 360 g/mol. The van der Waals surface area contributed by atoms with Gasteiger partial charge in [0.1, 0.15) is 0 Å². The molecule has 2 amide bonds. The number of hydrogen-bond acceptors (Lipinski definition) is 5. The van der Waals surface area contributed by atoms with E-state index < -0.39 is 0 Å². The number of nitrogens with zero attached hydrogens (tertiary/aromatic N) is 2. The summed E-state index contributed by atoms with van der Waals surface area (Å²) in [5.41, 5.74) is 2.61. The van der Waals surface area contributed by atoms with E-state index in [2.05, 4.69) is 27.4 Å². The van der Waals surface area contributed by atoms with Crippen LogP contribution >= 0.6 is 11.3 Å². The number of amides is 2. The van der Waals surface area contributed by atoms with Crippen molar-refractivity contribution in [3.8, 4) is 0 Å². The van der Waals surface area contributed by atoms with Crippen LogP contribution in [0, 0.1) is 12.8 Å². The third-order valence-corrected chi connectivity index (χ3v) is 5.45. The Bertz CT molecular complexity index is 788. The van der Waals surface area contributed by atoms with Crippen molar-refractivity contribution < 1.29 is 9.59 Å². The largest absolute Gasteiger partial charge is 0.343 e. The number of anilines is 1. The van der Waals surface area contributed by atoms with Crippen LogP contribution in [0.3, 0.4) is 0 Å². The molecule has 0 spiro atoms. The lowest BCUT2D eigenvalue weighted by Crippen LogP contribution is -2.34. The maximum absolute atomic E-state index is 12.1. The molecule has 1 aliphatic rings. The monoisotopic (exact) mass is 386 g/mol. The maximum atomic E-state index is 12.1. The second-order valence-electron chi connectivity index (χ2n) is 7.22. The van der Waals surface area contributed by atoms with Crippen molar-refractivity contribution in [3.05, 3.63) is 46.5 Å². The minimum Gasteiger partial charge on any atom is -0.343 e. The third kappa shape index (κ3) is 5.87. The van der Waals surface area contributed by atoms with E-state index in [0.717, 1.165) is 36.8 Å². The molecule has 0 bridgehead atoms. The molecule has 7 heteroatoms. The Hall–Kier alpha value is -2.25. The van der Waals surface area contributed by atoms with Gasteiger partial charge in [0, 0.05) is 24.0 Å². The lowest BCUT2D eigenvalue weighted by atomic mass is 10.0. The van der Waals surface area contributed by atoms with Crippen molar-refractivity contribution in [2.45, 2.75) is 33.2 Å². The molecule has 1 aliphatic heterocycles. The van der Waals surface area contributed by atoms with Crippen LogP contribution < -0.4 is 10.6 Å². The van der Waals surface area contributed by atoms with Crippen molar-refractivity contribution in [2.24, 2.45) is 5.92 Å². The first-order valence-corrected chi connectivity index (χ1v) is 10.2. The fraction of sp³-hybridized carbons (Fsp3) is 0.450. The highest BCUT2D eigenvalue weighted by molar-refractivity contribution is 7.13. The SMILES string of the molecule is Cc1ccc(C(=O)NCC(=O)Nc2nc(CN3CCCC(C)C3)cs2)cc1. The number of rotatable bonds is 6. The number of nitrogens with one attached hydrogen (secondary N) is 2. The molecular formula is C20H26N4O2S. The molecule has 2 heterocycles. The maximum Gasteiger partial charge on any atom is 0.251 e. The molecule has 1 unspecified atom stereocenters. The van der Waals surface area contributed by atoms with Crippen molar-refractivity contribution in [1.29, 1.82) is 0 Å². The van der Waals surface area contributed by atoms with Crippen molar-refractivity contribution >= 4 is 28.3 Å². The fourth-order valence-corrected chi connectivity index (χ4v) is 3.95. The Morgan fingerprint density at radius 1 is 1.30 bits per heavy atom. The number of aryl methyl sites for hydroxylation is 1. The van der Waals surface area contributed by atoms with Gasteiger partial charge in [0.15, 0.2) is 5.13 Å². The molecule has 144 valence electrons. The summed E-state index contributed by atoms with van der Waals surface area (Å²) in [7, 11) is 0. The summed E-state index contributed by atoms with van der Waals surface area (Å²) >= 11 is 1.42. The molecule has 2 aromatic rings. The van der Waals surface area contributed by atoms with Crippen LogP contribution in [-0.4, -0.2) is 41.3 Å². The summed E-state index contributed by atoms with van der Waals surface area (Å²) in [5.74, 6) is 0.195. The quantitative estimate of drug-likeness (QED) is 0.800. The average Bonchev–Trinajstić information content (AvgIpc) is 3.07. The molecule has 3 rings (SSSR count). The molecule has 0 radical (unpaired) electrons. The first-order chi connectivity index (χ1) is 13.0. The topological polar surface area (TPSA) is 74.3 Å². The van der Waals surface area contributed by atoms with Crippen molar-refractivity contribution in [2.75, 3.05) is 25.0 Å². The number of piperidine rings is 1. The Morgan fingerprint density at radius 2 is 2.07 bits per heavy atom. The number of benzene rings is 1. The van der Waals surface area contributed by atoms with Crippen LogP contribution in [-0.2, 0) is 11.3 Å². The molecule has 1 aromatic carbocycles. The van der Waals surface area contributed by atoms with Gasteiger partial charge in [-0.1, -0.05) is 24.6 Å². The molecule has 0 aliphatic carbocycles. The van der Waals surface area contributed by atoms with Crippen LogP contribution in [0.2, 0.25) is 0 Å². The van der Waals surface area contributed by atoms with E-state index >= 15 is 0 Å². The molecule has 27 heavy (non-hydrogen) atoms. The smallest absolute Gasteiger partial charge is 0.251 e. The number of aromatic nitrogens is 1. The summed E-state index contributed by atoms with van der Waals surface area (Å²) in [6.07, 6.45) is 2.53. The Labute approximate surface area is 164 Å². The van der Waals surface area contributed by atoms with Gasteiger partial charge < -0.3 is 10.6 Å². The summed E-state index contributed by atoms with van der Waals surface area (Å²) in [4.78, 5) is 31.0. The Balaban J connectivity index is 1.45. The van der Waals surface area contributed by atoms with Gasteiger partial charge >= 0.3 is 0 Å². The number of carbonyl (C=O) groups excluding carboxylic acids is 2. The first-order valence-electron chi connectivity index (χ1n) is 9.31. The van der Waals surface area contributed by atoms with E-state index in [1.807, 2.05) is 24.4 Å². The zero-order valence-electron chi connectivity index (χ0n) is 15.8. The number of thiazole rings is 1. The lowest BCUT2D eigenvalue weighted by Gasteiger charge is -2.30. The zero-order chi connectivity index (χ0) is 19.2. The average molecular weight is 387 g/mol. The van der Waals surface area contributed by atoms with Crippen molar-refractivity contribution in [1.82, 2.24) is 15.2 Å². The predicted molar refractivity (Wildman–Crippen MR) is 108 cm³/mol. The summed E-state index contributed by atoms with van der Waals surface area (Å²) < 4.78 is 0. The fourth-order valence-electron chi connectivity index (χ4n) is 3.23. The first kappa shape index (κ1) is 19.5. The van der Waals surface area contributed by atoms with Crippen LogP contribution in [0.1, 0.15) is 41.4 Å². The van der Waals surface area contributed by atoms with E-state index in [-0.39, 0.29) is 18.4 Å². The Kier molecular flexibility index (Phi) is 6.58. The van der Waals surface area contributed by atoms with Gasteiger partial charge in [0.05, 0.1) is 12.2 Å². The van der Waals surface area contributed by atoms with E-state index in [1.54, 1.807) is 12.1 Å². The standard InChI is InChI=1S/C20H26N4O2S/c1-14-5-7-16(8-6-14)19(26)21-10-18(25)23-20-22-17(13-27-20)12-24-9-3-4-15(2)11-24/h5-8,13,15H,3-4,9-12H2,1-2H3,(H,21,26)(H,22,23,25). The minimum absolute atomic E-state index is 0.0781. The van der Waals surface area contributed by atoms with Gasteiger partial charge in [0.25, 0.3) is 5.91 Å². The number of hydrogen-bond donors (Lipinski definition) is 2. The molecule has 6 nitrogen and oxygen atoms in total. The van der Waals surface area contributed by atoms with E-state index in [4.69, 9.17) is 0 Å². The predicted octanol–water partition coefficient (Wildman–Crippen LogP) is 3.05. The van der Waals surface area contributed by atoms with Gasteiger partial charge in [-0.05, 0) is 44.4 Å². The normalized spacial score (nSPS) is 17.5. The van der Waals surface area contributed by atoms with Crippen LogP contribution in [0.25, 0.3) is 0 Å². The highest BCUT2D eigenvalue weighted by atomic mass is 32.1. The summed E-state index contributed by atoms with van der Waals surface area (Å²) in [6, 6.07) is 7.23. The zero-order valence-corrected chi connectivity index (χ0v) is 16.6. The van der Waals surface area contributed by atoms with E-state index in [1.165, 1.54) is 24.2 Å². The molecule has 1 atom stereocenters. The second kappa shape index (κ2) is 9.10.